The maximum atomic E-state index is 13.7. The molecule has 0 atom stereocenters. The first-order valence-corrected chi connectivity index (χ1v) is 11.8. The van der Waals surface area contributed by atoms with Crippen molar-refractivity contribution < 1.29 is 40.7 Å². The topological polar surface area (TPSA) is 91.4 Å². The molecular weight excluding hydrogens is 542 g/mol. The van der Waals surface area contributed by atoms with Crippen molar-refractivity contribution in [1.82, 2.24) is 10.3 Å². The number of halogens is 6. The molecule has 0 aliphatic carbocycles. The molecule has 0 radical (unpaired) electrons. The van der Waals surface area contributed by atoms with Gasteiger partial charge in [0.15, 0.2) is 5.67 Å². The Bertz CT molecular complexity index is 1480. The van der Waals surface area contributed by atoms with Crippen LogP contribution < -0.4 is 15.5 Å². The van der Waals surface area contributed by atoms with Gasteiger partial charge in [0.2, 0.25) is 0 Å². The first-order valence-electron chi connectivity index (χ1n) is 11.8. The Hall–Kier alpha value is -4.42. The van der Waals surface area contributed by atoms with Gasteiger partial charge in [-0.15, -0.1) is 0 Å². The van der Waals surface area contributed by atoms with Crippen LogP contribution in [0.5, 0.6) is 0 Å². The van der Waals surface area contributed by atoms with Crippen LogP contribution in [0.25, 0.3) is 0 Å². The van der Waals surface area contributed by atoms with Gasteiger partial charge >= 0.3 is 6.18 Å². The van der Waals surface area contributed by atoms with E-state index < -0.39 is 52.8 Å². The number of aromatic nitrogens is 1. The Morgan fingerprint density at radius 2 is 1.77 bits per heavy atom. The standard InChI is InChI=1S/C27H22F6N4O3/c1-26(2,30)25(40)35-12-14-8-20(21(22(28)29)34-11-14)23(38)36-17-7-6-15-13-37(24(39)19(15)10-17)18-5-3-4-16(9-18)27(31,32)33/h3-11,22H,12-13H2,1-2H3,(H,35,40)(H,36,38). The number of rotatable bonds is 7. The number of anilines is 2. The summed E-state index contributed by atoms with van der Waals surface area (Å²) in [7, 11) is 0. The van der Waals surface area contributed by atoms with Crippen LogP contribution >= 0.6 is 0 Å². The van der Waals surface area contributed by atoms with Gasteiger partial charge in [-0.05, 0) is 61.4 Å². The maximum Gasteiger partial charge on any atom is 0.416 e. The highest BCUT2D eigenvalue weighted by atomic mass is 19.4. The van der Waals surface area contributed by atoms with Crippen LogP contribution in [0.15, 0.2) is 54.7 Å². The number of benzene rings is 2. The van der Waals surface area contributed by atoms with Crippen molar-refractivity contribution in [2.75, 3.05) is 10.2 Å². The second-order valence-corrected chi connectivity index (χ2v) is 9.50. The molecule has 2 N–H and O–H groups in total. The quantitative estimate of drug-likeness (QED) is 0.354. The zero-order chi connectivity index (χ0) is 29.4. The Balaban J connectivity index is 1.54. The van der Waals surface area contributed by atoms with Gasteiger partial charge in [-0.3, -0.25) is 19.4 Å². The molecule has 40 heavy (non-hydrogen) atoms. The number of carbonyl (C=O) groups excluding carboxylic acids is 3. The van der Waals surface area contributed by atoms with Gasteiger partial charge in [0.05, 0.1) is 17.7 Å². The SMILES string of the molecule is CC(C)(F)C(=O)NCc1cnc(C(F)F)c(C(=O)Nc2ccc3c(c2)C(=O)N(c2cccc(C(F)(F)F)c2)C3)c1. The summed E-state index contributed by atoms with van der Waals surface area (Å²) in [5.74, 6) is -2.53. The third-order valence-corrected chi connectivity index (χ3v) is 6.08. The van der Waals surface area contributed by atoms with Crippen molar-refractivity contribution in [2.24, 2.45) is 0 Å². The molecule has 210 valence electrons. The summed E-state index contributed by atoms with van der Waals surface area (Å²) in [6.45, 7) is 1.80. The average molecular weight is 564 g/mol. The molecule has 2 heterocycles. The summed E-state index contributed by atoms with van der Waals surface area (Å²) in [5.41, 5.74) is -3.55. The van der Waals surface area contributed by atoms with Gasteiger partial charge in [0.1, 0.15) is 5.69 Å². The van der Waals surface area contributed by atoms with Gasteiger partial charge in [0.25, 0.3) is 24.1 Å². The molecule has 0 bridgehead atoms. The molecule has 7 nitrogen and oxygen atoms in total. The lowest BCUT2D eigenvalue weighted by Gasteiger charge is -2.17. The molecule has 3 amide bonds. The van der Waals surface area contributed by atoms with E-state index >= 15 is 0 Å². The van der Waals surface area contributed by atoms with E-state index in [1.807, 2.05) is 0 Å². The number of nitrogens with zero attached hydrogens (tertiary/aromatic N) is 2. The first-order chi connectivity index (χ1) is 18.6. The smallest absolute Gasteiger partial charge is 0.349 e. The minimum absolute atomic E-state index is 0.00734. The summed E-state index contributed by atoms with van der Waals surface area (Å²) in [4.78, 5) is 42.5. The number of alkyl halides is 6. The Kier molecular flexibility index (Phi) is 7.59. The number of fused-ring (bicyclic) bond motifs is 1. The second kappa shape index (κ2) is 10.6. The summed E-state index contributed by atoms with van der Waals surface area (Å²) < 4.78 is 80.3. The highest BCUT2D eigenvalue weighted by molar-refractivity contribution is 6.11. The molecule has 13 heteroatoms. The maximum absolute atomic E-state index is 13.7. The van der Waals surface area contributed by atoms with Crippen molar-refractivity contribution in [1.29, 1.82) is 0 Å². The molecule has 3 aromatic rings. The average Bonchev–Trinajstić information content (AvgIpc) is 3.21. The number of pyridine rings is 1. The number of hydrogen-bond donors (Lipinski definition) is 2. The molecular formula is C27H22F6N4O3. The van der Waals surface area contributed by atoms with Gasteiger partial charge < -0.3 is 15.5 Å². The van der Waals surface area contributed by atoms with Crippen LogP contribution in [0.3, 0.4) is 0 Å². The zero-order valence-electron chi connectivity index (χ0n) is 21.1. The molecule has 0 spiro atoms. The van der Waals surface area contributed by atoms with Gasteiger partial charge in [-0.1, -0.05) is 12.1 Å². The second-order valence-electron chi connectivity index (χ2n) is 9.50. The molecule has 2 aromatic carbocycles. The lowest BCUT2D eigenvalue weighted by molar-refractivity contribution is -0.137. The van der Waals surface area contributed by atoms with E-state index in [1.165, 1.54) is 30.3 Å². The molecule has 0 saturated heterocycles. The monoisotopic (exact) mass is 564 g/mol. The van der Waals surface area contributed by atoms with E-state index in [0.29, 0.717) is 5.56 Å². The number of carbonyl (C=O) groups is 3. The third-order valence-electron chi connectivity index (χ3n) is 6.08. The zero-order valence-corrected chi connectivity index (χ0v) is 21.1. The third kappa shape index (κ3) is 6.08. The Morgan fingerprint density at radius 1 is 1.05 bits per heavy atom. The summed E-state index contributed by atoms with van der Waals surface area (Å²) in [6.07, 6.45) is -6.68. The molecule has 1 aromatic heterocycles. The molecule has 1 aliphatic rings. The minimum atomic E-state index is -4.60. The van der Waals surface area contributed by atoms with E-state index in [1.54, 1.807) is 0 Å². The fraction of sp³-hybridized carbons (Fsp3) is 0.259. The van der Waals surface area contributed by atoms with Crippen LogP contribution in [-0.4, -0.2) is 28.4 Å². The van der Waals surface area contributed by atoms with Crippen molar-refractivity contribution in [3.05, 3.63) is 88.2 Å². The van der Waals surface area contributed by atoms with Crippen LogP contribution in [0.4, 0.5) is 37.7 Å². The Labute approximate surface area is 224 Å². The van der Waals surface area contributed by atoms with E-state index in [0.717, 1.165) is 43.1 Å². The van der Waals surface area contributed by atoms with Crippen LogP contribution in [0, 0.1) is 0 Å². The van der Waals surface area contributed by atoms with Crippen LogP contribution in [-0.2, 0) is 24.1 Å². The van der Waals surface area contributed by atoms with Gasteiger partial charge in [-0.25, -0.2) is 13.2 Å². The molecule has 1 aliphatic heterocycles. The molecule has 4 rings (SSSR count). The van der Waals surface area contributed by atoms with Crippen molar-refractivity contribution >= 4 is 29.1 Å². The number of nitrogens with one attached hydrogen (secondary N) is 2. The highest BCUT2D eigenvalue weighted by Crippen LogP contribution is 2.35. The van der Waals surface area contributed by atoms with Gasteiger partial charge in [0, 0.05) is 29.7 Å². The minimum Gasteiger partial charge on any atom is -0.349 e. The van der Waals surface area contributed by atoms with Gasteiger partial charge in [-0.2, -0.15) is 13.2 Å². The van der Waals surface area contributed by atoms with Crippen LogP contribution in [0.2, 0.25) is 0 Å². The first kappa shape index (κ1) is 28.6. The van der Waals surface area contributed by atoms with E-state index in [4.69, 9.17) is 0 Å². The normalized spacial score (nSPS) is 13.4. The lowest BCUT2D eigenvalue weighted by Crippen LogP contribution is -2.38. The number of amides is 3. The summed E-state index contributed by atoms with van der Waals surface area (Å²) >= 11 is 0. The fourth-order valence-corrected chi connectivity index (χ4v) is 4.00. The fourth-order valence-electron chi connectivity index (χ4n) is 4.00. The largest absolute Gasteiger partial charge is 0.416 e. The van der Waals surface area contributed by atoms with E-state index in [-0.39, 0.29) is 35.6 Å². The van der Waals surface area contributed by atoms with Crippen molar-refractivity contribution in [2.45, 2.75) is 45.2 Å². The predicted molar refractivity (Wildman–Crippen MR) is 133 cm³/mol. The number of hydrogen-bond acceptors (Lipinski definition) is 4. The van der Waals surface area contributed by atoms with Crippen molar-refractivity contribution in [3.8, 4) is 0 Å². The predicted octanol–water partition coefficient (Wildman–Crippen LogP) is 5.82. The lowest BCUT2D eigenvalue weighted by atomic mass is 10.1. The van der Waals surface area contributed by atoms with E-state index in [2.05, 4.69) is 15.6 Å². The van der Waals surface area contributed by atoms with E-state index in [9.17, 15) is 40.7 Å². The molecule has 0 unspecified atom stereocenters. The molecule has 0 saturated carbocycles. The van der Waals surface area contributed by atoms with Crippen LogP contribution in [0.1, 0.15) is 63.4 Å². The Morgan fingerprint density at radius 3 is 2.42 bits per heavy atom. The molecule has 0 fully saturated rings. The summed E-state index contributed by atoms with van der Waals surface area (Å²) in [6, 6.07) is 9.59. The van der Waals surface area contributed by atoms with Crippen molar-refractivity contribution in [3.63, 3.8) is 0 Å². The highest BCUT2D eigenvalue weighted by Gasteiger charge is 2.34. The summed E-state index contributed by atoms with van der Waals surface area (Å²) in [5, 5.41) is 4.71.